The number of likely N-dealkylation sites (N-methyl/N-ethyl adjacent to an activating group) is 3. The zero-order valence-corrected chi connectivity index (χ0v) is 80.9. The van der Waals surface area contributed by atoms with Gasteiger partial charge in [0.2, 0.25) is 11.8 Å². The largest absolute Gasteiger partial charge is 0.456 e. The highest BCUT2D eigenvalue weighted by Gasteiger charge is 2.38. The number of amides is 2. The van der Waals surface area contributed by atoms with Crippen LogP contribution in [-0.2, 0) is 57.4 Å². The number of Topliss-reactive ketones (excluding diaryl/α,β-unsaturated/α-hetero) is 3. The molecule has 0 saturated heterocycles. The molecule has 0 fully saturated rings. The molecule has 3 rings (SSSR count). The second kappa shape index (κ2) is 55.3. The molecule has 114 heavy (non-hydrogen) atoms. The Morgan fingerprint density at radius 1 is 0.368 bits per heavy atom. The first-order valence-electron chi connectivity index (χ1n) is 41.4. The van der Waals surface area contributed by atoms with Gasteiger partial charge in [0.1, 0.15) is 16.8 Å². The predicted molar refractivity (Wildman–Crippen MR) is 484 cm³/mol. The molecule has 17 heteroatoms. The molecule has 0 radical (unpaired) electrons. The maximum Gasteiger partial charge on any atom is 0.331 e. The number of carbonyl (C=O) groups excluding carboxylic acids is 9. The van der Waals surface area contributed by atoms with E-state index < -0.39 is 16.8 Å². The Bertz CT molecular complexity index is 3110. The number of carbonyl (C=O) groups is 9. The Balaban J connectivity index is -0.000000289. The van der Waals surface area contributed by atoms with Crippen LogP contribution >= 0.6 is 0 Å². The average Bonchev–Trinajstić information content (AvgIpc) is 1.07. The molecule has 0 heterocycles. The summed E-state index contributed by atoms with van der Waals surface area (Å²) in [4.78, 5) is 108. The van der Waals surface area contributed by atoms with Crippen LogP contribution in [0.4, 0.5) is 0 Å². The van der Waals surface area contributed by atoms with Gasteiger partial charge in [-0.15, -0.1) is 0 Å². The molecule has 0 unspecified atom stereocenters. The van der Waals surface area contributed by atoms with Crippen LogP contribution in [0.1, 0.15) is 332 Å². The van der Waals surface area contributed by atoms with Gasteiger partial charge in [0.05, 0.1) is 0 Å². The number of esters is 3. The summed E-state index contributed by atoms with van der Waals surface area (Å²) in [6.45, 7) is 77.9. The van der Waals surface area contributed by atoms with Gasteiger partial charge >= 0.3 is 17.9 Å². The molecule has 17 nitrogen and oxygen atoms in total. The third kappa shape index (κ3) is 70.9. The minimum Gasteiger partial charge on any atom is -0.456 e. The van der Waals surface area contributed by atoms with Gasteiger partial charge in [-0.05, 0) is 254 Å². The van der Waals surface area contributed by atoms with Crippen LogP contribution in [0.3, 0.4) is 0 Å². The summed E-state index contributed by atoms with van der Waals surface area (Å²) in [6.07, 6.45) is 37.4. The third-order valence-corrected chi connectivity index (χ3v) is 18.6. The van der Waals surface area contributed by atoms with Crippen LogP contribution in [0, 0.1) is 37.9 Å². The summed E-state index contributed by atoms with van der Waals surface area (Å²) in [5, 5.41) is 5.56. The summed E-state index contributed by atoms with van der Waals surface area (Å²) in [7, 11) is 11.8. The molecule has 0 atom stereocenters. The summed E-state index contributed by atoms with van der Waals surface area (Å²) in [5.74, 6) is 0.253. The molecule has 3 aliphatic carbocycles. The van der Waals surface area contributed by atoms with Crippen molar-refractivity contribution in [3.63, 3.8) is 0 Å². The lowest BCUT2D eigenvalue weighted by Gasteiger charge is -2.37. The molecule has 0 bridgehead atoms. The van der Waals surface area contributed by atoms with E-state index in [1.807, 2.05) is 194 Å². The Morgan fingerprint density at radius 3 is 0.912 bits per heavy atom. The second-order valence-corrected chi connectivity index (χ2v) is 41.9. The monoisotopic (exact) mass is 1600 g/mol. The summed E-state index contributed by atoms with van der Waals surface area (Å²) < 4.78 is 16.0. The number of ketones is 4. The van der Waals surface area contributed by atoms with Crippen molar-refractivity contribution < 1.29 is 57.4 Å². The van der Waals surface area contributed by atoms with Crippen LogP contribution in [0.25, 0.3) is 0 Å². The highest BCUT2D eigenvalue weighted by molar-refractivity contribution is 5.97. The van der Waals surface area contributed by atoms with E-state index in [0.717, 1.165) is 113 Å². The quantitative estimate of drug-likeness (QED) is 0.0522. The number of ether oxygens (including phenoxy) is 3. The van der Waals surface area contributed by atoms with Crippen LogP contribution in [-0.4, -0.2) is 157 Å². The van der Waals surface area contributed by atoms with Crippen molar-refractivity contribution in [3.8, 4) is 0 Å². The van der Waals surface area contributed by atoms with E-state index in [1.165, 1.54) is 43.6 Å². The van der Waals surface area contributed by atoms with Gasteiger partial charge in [-0.1, -0.05) is 201 Å². The Labute approximate surface area is 700 Å². The summed E-state index contributed by atoms with van der Waals surface area (Å²) in [5.41, 5.74) is 2.01. The number of rotatable bonds is 24. The van der Waals surface area contributed by atoms with Gasteiger partial charge in [0.15, 0.2) is 23.1 Å². The van der Waals surface area contributed by atoms with Crippen molar-refractivity contribution in [3.05, 3.63) is 109 Å². The molecule has 0 saturated carbocycles. The first-order valence-corrected chi connectivity index (χ1v) is 41.4. The Morgan fingerprint density at radius 2 is 0.667 bits per heavy atom. The molecule has 0 spiro atoms. The van der Waals surface area contributed by atoms with E-state index in [1.54, 1.807) is 31.2 Å². The van der Waals surface area contributed by atoms with Crippen molar-refractivity contribution in [1.29, 1.82) is 0 Å². The van der Waals surface area contributed by atoms with Crippen LogP contribution in [0.5, 0.6) is 0 Å². The number of allylic oxidation sites excluding steroid dienone is 8. The number of nitrogens with one attached hydrogen (secondary N) is 2. The van der Waals surface area contributed by atoms with E-state index in [-0.39, 0.29) is 79.1 Å². The number of nitrogens with zero attached hydrogens (tertiary/aromatic N) is 3. The zero-order valence-electron chi connectivity index (χ0n) is 80.9. The molecule has 2 amide bonds. The van der Waals surface area contributed by atoms with Crippen molar-refractivity contribution in [2.75, 3.05) is 61.9 Å². The lowest BCUT2D eigenvalue weighted by molar-refractivity contribution is -0.161. The fourth-order valence-electron chi connectivity index (χ4n) is 8.15. The van der Waals surface area contributed by atoms with E-state index in [4.69, 9.17) is 14.2 Å². The lowest BCUT2D eigenvalue weighted by atomic mass is 9.79. The smallest absolute Gasteiger partial charge is 0.331 e. The van der Waals surface area contributed by atoms with Crippen LogP contribution in [0.2, 0.25) is 0 Å². The highest BCUT2D eigenvalue weighted by Crippen LogP contribution is 2.36. The third-order valence-electron chi connectivity index (χ3n) is 18.6. The maximum absolute atomic E-state index is 11.8. The van der Waals surface area contributed by atoms with Gasteiger partial charge in [0.25, 0.3) is 0 Å². The maximum atomic E-state index is 11.8. The van der Waals surface area contributed by atoms with E-state index >= 15 is 0 Å². The van der Waals surface area contributed by atoms with Gasteiger partial charge in [0, 0.05) is 95.9 Å². The van der Waals surface area contributed by atoms with Crippen molar-refractivity contribution in [2.45, 2.75) is 360 Å². The topological polar surface area (TPSA) is 215 Å². The average molecular weight is 1600 g/mol. The Hall–Kier alpha value is -6.43. The number of hydrogen-bond acceptors (Lipinski definition) is 15. The minimum atomic E-state index is -0.466. The highest BCUT2D eigenvalue weighted by atomic mass is 16.6. The first kappa shape index (κ1) is 118. The minimum absolute atomic E-state index is 0.0330. The van der Waals surface area contributed by atoms with E-state index in [9.17, 15) is 43.2 Å². The molecule has 2 N–H and O–H groups in total. The van der Waals surface area contributed by atoms with Crippen LogP contribution < -0.4 is 10.6 Å². The Kier molecular flexibility index (Phi) is 57.4. The van der Waals surface area contributed by atoms with Crippen LogP contribution in [0.15, 0.2) is 109 Å². The van der Waals surface area contributed by atoms with Gasteiger partial charge in [-0.25, -0.2) is 14.4 Å². The normalized spacial score (nSPS) is 14.3. The van der Waals surface area contributed by atoms with Crippen molar-refractivity contribution >= 4 is 52.9 Å². The molecule has 0 aromatic carbocycles. The lowest BCUT2D eigenvalue weighted by Crippen LogP contribution is -2.40. The van der Waals surface area contributed by atoms with Gasteiger partial charge in [-0.2, -0.15) is 0 Å². The van der Waals surface area contributed by atoms with Gasteiger partial charge < -0.3 is 39.5 Å². The fraction of sp³-hybridized carbons (Fsp3) is 0.722. The van der Waals surface area contributed by atoms with Gasteiger partial charge in [-0.3, -0.25) is 28.8 Å². The molecule has 0 aromatic rings. The number of hydrogen-bond donors (Lipinski definition) is 2. The molecular formula is C97H175N5O12. The molecule has 0 aromatic heterocycles. The predicted octanol–water partition coefficient (Wildman–Crippen LogP) is 22.2. The molecule has 0 aliphatic heterocycles. The standard InChI is InChI=1S/C13H25NO2.C13H22O.C12H20O.C11H20O2.C11H18O.C10H20N2O.C10H19NO.C10H18O2.C7H13NO/c1-12(2,3)13(4,5)16-11(15)9-8-10-14(6)7;1-13(2,3)10-9-12(14)11-7-5-4-6-8-11;1-12(2,3)9-8-11(13)10-6-4-5-7-10;1-7-8-9(12)13-11(5,6)10(2,3)4;1-11(2,3)8-7-10(12)9-5-4-6-9;1-10(2,3)11-9(13)7-6-8-12(4)5;1-10(2,3)9(12)7-6-8-11(4)5;1-7-8(11)12-10(5,6)9(2,3)4;1-5-6(9)8-7(2,3)4/h8-9H,10H2,1-7H3;7H,4-6,8-10H2,1-3H3;6H,4-5,7-9H2,1-3H3;7-8H,1-6H3;5H,4,6-8H2,1-3H3;6-7H,8H2,1-5H3,(H,11,13);6-7H,8H2,1-5H3;7H,1H2,2-6H3;5H,1H2,2-4H3,(H,8,9)/b9-8+;;;8-7+;;2*7-6+;;. The SMILES string of the molecule is C/C=C/C(=O)OC(C)(C)C(C)(C)C.C=CC(=O)NC(C)(C)C.C=CC(=O)OC(C)(C)C(C)(C)C.CC(C)(C)CCC(=O)C1=CCC1.CC(C)(C)CCC(=O)C1=CCCC1.CC(C)(C)CCC(=O)C1=CCCCC1.CN(C)C/C=C/C(=O)C(C)(C)C.CN(C)C/C=C/C(=O)NC(C)(C)C.CN(C)C/C=C/C(=O)OC(C)(C)C(C)(C)C. The fourth-order valence-corrected chi connectivity index (χ4v) is 8.15. The zero-order chi connectivity index (χ0) is 91.1. The first-order chi connectivity index (χ1) is 51.0. The summed E-state index contributed by atoms with van der Waals surface area (Å²) in [6, 6.07) is 0. The molecular weight excluding hydrogens is 1430 g/mol. The second-order valence-electron chi connectivity index (χ2n) is 41.9. The van der Waals surface area contributed by atoms with E-state index in [0.29, 0.717) is 22.8 Å². The van der Waals surface area contributed by atoms with Crippen molar-refractivity contribution in [1.82, 2.24) is 25.3 Å². The molecule has 3 aliphatic rings. The van der Waals surface area contributed by atoms with Crippen molar-refractivity contribution in [2.24, 2.45) is 37.9 Å². The summed E-state index contributed by atoms with van der Waals surface area (Å²) >= 11 is 0. The molecule has 660 valence electrons. The van der Waals surface area contributed by atoms with E-state index in [2.05, 4.69) is 146 Å².